The minimum atomic E-state index is 0.557. The zero-order valence-electron chi connectivity index (χ0n) is 8.79. The van der Waals surface area contributed by atoms with E-state index < -0.39 is 0 Å². The van der Waals surface area contributed by atoms with Crippen molar-refractivity contribution in [1.82, 2.24) is 15.5 Å². The summed E-state index contributed by atoms with van der Waals surface area (Å²) in [5.41, 5.74) is 0. The molecule has 2 rings (SSSR count). The van der Waals surface area contributed by atoms with E-state index in [9.17, 15) is 0 Å². The van der Waals surface area contributed by atoms with E-state index in [2.05, 4.69) is 22.4 Å². The van der Waals surface area contributed by atoms with E-state index in [1.54, 1.807) is 0 Å². The second kappa shape index (κ2) is 4.09. The second-order valence-electron chi connectivity index (χ2n) is 4.19. The number of nitrogens with zero attached hydrogens (tertiary/aromatic N) is 2. The van der Waals surface area contributed by atoms with Crippen LogP contribution in [-0.2, 0) is 6.54 Å². The number of aryl methyl sites for hydroxylation is 1. The summed E-state index contributed by atoms with van der Waals surface area (Å²) in [7, 11) is 0. The van der Waals surface area contributed by atoms with Crippen molar-refractivity contribution in [2.24, 2.45) is 5.92 Å². The third-order valence-electron chi connectivity index (χ3n) is 2.56. The number of hydrogen-bond acceptors (Lipinski definition) is 4. The first-order valence-corrected chi connectivity index (χ1v) is 5.26. The van der Waals surface area contributed by atoms with Crippen LogP contribution in [0.3, 0.4) is 0 Å². The van der Waals surface area contributed by atoms with Gasteiger partial charge in [0.2, 0.25) is 5.89 Å². The molecule has 0 amide bonds. The number of aromatic nitrogens is 2. The number of nitrogens with one attached hydrogen (secondary N) is 1. The molecule has 0 spiro atoms. The highest BCUT2D eigenvalue weighted by atomic mass is 16.5. The molecule has 0 saturated heterocycles. The van der Waals surface area contributed by atoms with E-state index in [0.717, 1.165) is 11.7 Å². The Kier molecular flexibility index (Phi) is 2.82. The van der Waals surface area contributed by atoms with Gasteiger partial charge in [-0.1, -0.05) is 18.0 Å². The first-order chi connectivity index (χ1) is 6.74. The van der Waals surface area contributed by atoms with Gasteiger partial charge < -0.3 is 9.84 Å². The van der Waals surface area contributed by atoms with E-state index in [1.165, 1.54) is 19.3 Å². The van der Waals surface area contributed by atoms with Gasteiger partial charge in [-0.3, -0.25) is 0 Å². The molecule has 0 aliphatic heterocycles. The highest BCUT2D eigenvalue weighted by Gasteiger charge is 2.23. The van der Waals surface area contributed by atoms with Crippen molar-refractivity contribution in [3.63, 3.8) is 0 Å². The number of rotatable bonds is 5. The molecule has 1 unspecified atom stereocenters. The molecule has 1 N–H and O–H groups in total. The lowest BCUT2D eigenvalue weighted by molar-refractivity contribution is 0.382. The van der Waals surface area contributed by atoms with E-state index in [4.69, 9.17) is 4.52 Å². The Labute approximate surface area is 84.1 Å². The summed E-state index contributed by atoms with van der Waals surface area (Å²) in [5, 5.41) is 7.23. The topological polar surface area (TPSA) is 51.0 Å². The highest BCUT2D eigenvalue weighted by Crippen LogP contribution is 2.33. The molecule has 14 heavy (non-hydrogen) atoms. The Morgan fingerprint density at radius 1 is 1.57 bits per heavy atom. The highest BCUT2D eigenvalue weighted by molar-refractivity contribution is 4.85. The van der Waals surface area contributed by atoms with Crippen LogP contribution in [0.15, 0.2) is 4.52 Å². The predicted molar refractivity (Wildman–Crippen MR) is 52.7 cm³/mol. The maximum absolute atomic E-state index is 4.89. The molecule has 4 heteroatoms. The predicted octanol–water partition coefficient (Wildman–Crippen LogP) is 1.66. The molecular weight excluding hydrogens is 178 g/mol. The smallest absolute Gasteiger partial charge is 0.223 e. The first-order valence-electron chi connectivity index (χ1n) is 5.26. The van der Waals surface area contributed by atoms with Crippen LogP contribution < -0.4 is 5.32 Å². The van der Waals surface area contributed by atoms with Crippen molar-refractivity contribution in [2.45, 2.75) is 45.7 Å². The van der Waals surface area contributed by atoms with Crippen molar-refractivity contribution >= 4 is 0 Å². The summed E-state index contributed by atoms with van der Waals surface area (Å²) in [5.74, 6) is 2.35. The van der Waals surface area contributed by atoms with Gasteiger partial charge in [-0.15, -0.1) is 0 Å². The summed E-state index contributed by atoms with van der Waals surface area (Å²) in [4.78, 5) is 4.14. The van der Waals surface area contributed by atoms with Crippen LogP contribution in [0.1, 0.15) is 37.9 Å². The minimum absolute atomic E-state index is 0.557. The van der Waals surface area contributed by atoms with Crippen LogP contribution in [0.4, 0.5) is 0 Å². The molecule has 0 bridgehead atoms. The molecular formula is C10H17N3O. The fraction of sp³-hybridized carbons (Fsp3) is 0.800. The maximum Gasteiger partial charge on any atom is 0.223 e. The summed E-state index contributed by atoms with van der Waals surface area (Å²) >= 11 is 0. The van der Waals surface area contributed by atoms with Crippen molar-refractivity contribution in [3.8, 4) is 0 Å². The van der Waals surface area contributed by atoms with Crippen molar-refractivity contribution < 1.29 is 4.52 Å². The van der Waals surface area contributed by atoms with Crippen LogP contribution in [0.5, 0.6) is 0 Å². The lowest BCUT2D eigenvalue weighted by atomic mass is 10.1. The molecule has 1 aliphatic carbocycles. The summed E-state index contributed by atoms with van der Waals surface area (Å²) in [6.45, 7) is 4.74. The zero-order chi connectivity index (χ0) is 9.97. The molecule has 4 nitrogen and oxygen atoms in total. The van der Waals surface area contributed by atoms with E-state index in [1.807, 2.05) is 6.92 Å². The number of hydrogen-bond donors (Lipinski definition) is 1. The SMILES string of the molecule is Cc1nc(CNC(C)CC2CC2)no1. The van der Waals surface area contributed by atoms with Gasteiger partial charge in [0.05, 0.1) is 6.54 Å². The Hall–Kier alpha value is -0.900. The third-order valence-corrected chi connectivity index (χ3v) is 2.56. The molecule has 0 aromatic carbocycles. The van der Waals surface area contributed by atoms with Crippen LogP contribution in [0.25, 0.3) is 0 Å². The van der Waals surface area contributed by atoms with Crippen LogP contribution in [0, 0.1) is 12.8 Å². The van der Waals surface area contributed by atoms with Gasteiger partial charge in [0.1, 0.15) is 0 Å². The summed E-state index contributed by atoms with van der Waals surface area (Å²) in [6.07, 6.45) is 4.09. The fourth-order valence-electron chi connectivity index (χ4n) is 1.62. The molecule has 0 radical (unpaired) electrons. The Morgan fingerprint density at radius 2 is 2.36 bits per heavy atom. The van der Waals surface area contributed by atoms with Gasteiger partial charge in [-0.25, -0.2) is 0 Å². The maximum atomic E-state index is 4.89. The second-order valence-corrected chi connectivity index (χ2v) is 4.19. The summed E-state index contributed by atoms with van der Waals surface area (Å²) in [6, 6.07) is 0.557. The lowest BCUT2D eigenvalue weighted by Gasteiger charge is -2.10. The van der Waals surface area contributed by atoms with Crippen molar-refractivity contribution in [3.05, 3.63) is 11.7 Å². The lowest BCUT2D eigenvalue weighted by Crippen LogP contribution is -2.26. The van der Waals surface area contributed by atoms with Crippen LogP contribution in [-0.4, -0.2) is 16.2 Å². The largest absolute Gasteiger partial charge is 0.340 e. The van der Waals surface area contributed by atoms with Crippen molar-refractivity contribution in [1.29, 1.82) is 0 Å². The van der Waals surface area contributed by atoms with Gasteiger partial charge in [0, 0.05) is 13.0 Å². The van der Waals surface area contributed by atoms with E-state index >= 15 is 0 Å². The molecule has 1 aromatic rings. The molecule has 1 aromatic heterocycles. The standard InChI is InChI=1S/C10H17N3O/c1-7(5-9-3-4-9)11-6-10-12-8(2)14-13-10/h7,9,11H,3-6H2,1-2H3. The molecule has 1 heterocycles. The van der Waals surface area contributed by atoms with Gasteiger partial charge in [-0.2, -0.15) is 4.98 Å². The van der Waals surface area contributed by atoms with Gasteiger partial charge in [0.25, 0.3) is 0 Å². The quantitative estimate of drug-likeness (QED) is 0.776. The molecule has 1 aliphatic rings. The Balaban J connectivity index is 1.70. The molecule has 1 fully saturated rings. The van der Waals surface area contributed by atoms with Gasteiger partial charge in [0.15, 0.2) is 5.82 Å². The van der Waals surface area contributed by atoms with E-state index in [-0.39, 0.29) is 0 Å². The van der Waals surface area contributed by atoms with Gasteiger partial charge >= 0.3 is 0 Å². The minimum Gasteiger partial charge on any atom is -0.340 e. The third kappa shape index (κ3) is 2.80. The monoisotopic (exact) mass is 195 g/mol. The van der Waals surface area contributed by atoms with Crippen molar-refractivity contribution in [2.75, 3.05) is 0 Å². The first kappa shape index (κ1) is 9.65. The normalized spacial score (nSPS) is 18.4. The Morgan fingerprint density at radius 3 is 2.93 bits per heavy atom. The van der Waals surface area contributed by atoms with E-state index in [0.29, 0.717) is 18.5 Å². The Bertz CT molecular complexity index is 293. The molecule has 78 valence electrons. The average Bonchev–Trinajstić information content (AvgIpc) is 2.85. The average molecular weight is 195 g/mol. The van der Waals surface area contributed by atoms with Gasteiger partial charge in [-0.05, 0) is 19.3 Å². The molecule has 1 atom stereocenters. The van der Waals surface area contributed by atoms with Crippen LogP contribution >= 0.6 is 0 Å². The zero-order valence-corrected chi connectivity index (χ0v) is 8.79. The summed E-state index contributed by atoms with van der Waals surface area (Å²) < 4.78 is 4.89. The molecule has 1 saturated carbocycles. The van der Waals surface area contributed by atoms with Crippen LogP contribution in [0.2, 0.25) is 0 Å². The fourth-order valence-corrected chi connectivity index (χ4v) is 1.62.